The molecule has 1 aliphatic heterocycles. The number of rotatable bonds is 5. The van der Waals surface area contributed by atoms with Crippen LogP contribution in [0.1, 0.15) is 21.6 Å². The number of fused-ring (bicyclic) bond motifs is 1. The second-order valence-electron chi connectivity index (χ2n) is 7.14. The molecule has 0 bridgehead atoms. The van der Waals surface area contributed by atoms with Gasteiger partial charge in [0.05, 0.1) is 22.0 Å². The van der Waals surface area contributed by atoms with E-state index >= 15 is 0 Å². The fraction of sp³-hybridized carbons (Fsp3) is 0.0833. The average Bonchev–Trinajstić information content (AvgIpc) is 3.38. The predicted octanol–water partition coefficient (Wildman–Crippen LogP) is 6.46. The van der Waals surface area contributed by atoms with E-state index in [2.05, 4.69) is 10.4 Å². The third-order valence-electron chi connectivity index (χ3n) is 5.03. The number of ether oxygens (including phenoxy) is 1. The second-order valence-corrected chi connectivity index (χ2v) is 8.53. The number of hydrogen-bond acceptors (Lipinski definition) is 4. The Morgan fingerprint density at radius 3 is 2.50 bits per heavy atom. The van der Waals surface area contributed by atoms with Crippen LogP contribution in [0.3, 0.4) is 0 Å². The van der Waals surface area contributed by atoms with Gasteiger partial charge in [-0.1, -0.05) is 35.9 Å². The number of thioether (sulfide) groups is 1. The van der Waals surface area contributed by atoms with Crippen molar-refractivity contribution < 1.29 is 13.9 Å². The van der Waals surface area contributed by atoms with Crippen LogP contribution in [0.25, 0.3) is 5.69 Å². The van der Waals surface area contributed by atoms with Crippen molar-refractivity contribution in [1.82, 2.24) is 9.78 Å². The topological polar surface area (TPSA) is 56.2 Å². The molecular formula is C24H17ClFN3O2S. The Kier molecular flexibility index (Phi) is 5.59. The molecule has 2 heterocycles. The van der Waals surface area contributed by atoms with Gasteiger partial charge >= 0.3 is 0 Å². The molecule has 8 heteroatoms. The summed E-state index contributed by atoms with van der Waals surface area (Å²) in [6, 6.07) is 21.1. The number of para-hydroxylation sites is 1. The fourth-order valence-electron chi connectivity index (χ4n) is 3.49. The molecule has 1 N–H and O–H groups in total. The monoisotopic (exact) mass is 465 g/mol. The molecule has 5 nitrogen and oxygen atoms in total. The van der Waals surface area contributed by atoms with Crippen LogP contribution in [0, 0.1) is 5.82 Å². The maximum atomic E-state index is 14.3. The van der Waals surface area contributed by atoms with E-state index in [1.54, 1.807) is 16.4 Å². The van der Waals surface area contributed by atoms with Gasteiger partial charge in [-0.05, 0) is 48.5 Å². The zero-order valence-electron chi connectivity index (χ0n) is 16.7. The lowest BCUT2D eigenvalue weighted by Crippen LogP contribution is -2.18. The molecule has 0 aliphatic carbocycles. The first-order valence-corrected chi connectivity index (χ1v) is 11.4. The summed E-state index contributed by atoms with van der Waals surface area (Å²) in [5.74, 6) is 2.12. The van der Waals surface area contributed by atoms with E-state index in [-0.39, 0.29) is 10.6 Å². The van der Waals surface area contributed by atoms with Crippen molar-refractivity contribution in [3.8, 4) is 17.2 Å². The van der Waals surface area contributed by atoms with Gasteiger partial charge in [-0.3, -0.25) is 4.79 Å². The second kappa shape index (κ2) is 8.68. The summed E-state index contributed by atoms with van der Waals surface area (Å²) in [5.41, 5.74) is 2.39. The number of benzene rings is 3. The van der Waals surface area contributed by atoms with E-state index in [4.69, 9.17) is 16.3 Å². The van der Waals surface area contributed by atoms with Crippen molar-refractivity contribution in [3.05, 3.63) is 100 Å². The van der Waals surface area contributed by atoms with Gasteiger partial charge in [0.1, 0.15) is 23.1 Å². The number of nitrogens with zero attached hydrogens (tertiary/aromatic N) is 2. The standard InChI is InChI=1S/C24H17ClFN3O2S/c25-19-7-4-8-20(26)22(19)24(30)27-23-18-13-32-14-21(18)28-29(23)15-9-11-17(12-10-15)31-16-5-2-1-3-6-16/h1-12H,13-14H2,(H,27,30). The highest BCUT2D eigenvalue weighted by molar-refractivity contribution is 7.98. The summed E-state index contributed by atoms with van der Waals surface area (Å²) >= 11 is 7.79. The molecule has 0 unspecified atom stereocenters. The van der Waals surface area contributed by atoms with Crippen LogP contribution in [0.4, 0.5) is 10.2 Å². The highest BCUT2D eigenvalue weighted by atomic mass is 35.5. The Morgan fingerprint density at radius 2 is 1.75 bits per heavy atom. The van der Waals surface area contributed by atoms with Crippen LogP contribution in [0.2, 0.25) is 5.02 Å². The van der Waals surface area contributed by atoms with Crippen molar-refractivity contribution in [2.75, 3.05) is 5.32 Å². The molecule has 1 aromatic heterocycles. The van der Waals surface area contributed by atoms with Crippen LogP contribution >= 0.6 is 23.4 Å². The number of halogens is 2. The van der Waals surface area contributed by atoms with Crippen LogP contribution in [-0.2, 0) is 11.5 Å². The molecule has 32 heavy (non-hydrogen) atoms. The molecular weight excluding hydrogens is 449 g/mol. The Balaban J connectivity index is 1.46. The van der Waals surface area contributed by atoms with E-state index < -0.39 is 11.7 Å². The van der Waals surface area contributed by atoms with Gasteiger partial charge in [0.25, 0.3) is 5.91 Å². The van der Waals surface area contributed by atoms with Gasteiger partial charge in [0, 0.05) is 17.1 Å². The Morgan fingerprint density at radius 1 is 1.00 bits per heavy atom. The highest BCUT2D eigenvalue weighted by Gasteiger charge is 2.26. The van der Waals surface area contributed by atoms with E-state index in [0.717, 1.165) is 28.4 Å². The minimum absolute atomic E-state index is 0.0574. The number of carbonyl (C=O) groups excluding carboxylic acids is 1. The zero-order valence-corrected chi connectivity index (χ0v) is 18.3. The number of anilines is 1. The van der Waals surface area contributed by atoms with Crippen molar-refractivity contribution in [1.29, 1.82) is 0 Å². The zero-order chi connectivity index (χ0) is 22.1. The van der Waals surface area contributed by atoms with Gasteiger partial charge in [-0.25, -0.2) is 9.07 Å². The van der Waals surface area contributed by atoms with Gasteiger partial charge in [0.15, 0.2) is 0 Å². The first kappa shape index (κ1) is 20.6. The molecule has 0 atom stereocenters. The molecule has 4 aromatic rings. The molecule has 1 aliphatic rings. The van der Waals surface area contributed by atoms with Crippen LogP contribution < -0.4 is 10.1 Å². The first-order chi connectivity index (χ1) is 15.6. The molecule has 0 saturated heterocycles. The predicted molar refractivity (Wildman–Crippen MR) is 124 cm³/mol. The molecule has 5 rings (SSSR count). The maximum Gasteiger partial charge on any atom is 0.261 e. The molecule has 0 radical (unpaired) electrons. The van der Waals surface area contributed by atoms with Gasteiger partial charge in [-0.15, -0.1) is 0 Å². The maximum absolute atomic E-state index is 14.3. The largest absolute Gasteiger partial charge is 0.457 e. The van der Waals surface area contributed by atoms with E-state index in [1.807, 2.05) is 54.6 Å². The quantitative estimate of drug-likeness (QED) is 0.367. The third-order valence-corrected chi connectivity index (χ3v) is 6.32. The first-order valence-electron chi connectivity index (χ1n) is 9.87. The Hall–Kier alpha value is -3.29. The SMILES string of the molecule is O=C(Nc1c2c(nn1-c1ccc(Oc3ccccc3)cc1)CSC2)c1c(F)cccc1Cl. The van der Waals surface area contributed by atoms with Gasteiger partial charge < -0.3 is 10.1 Å². The molecule has 0 saturated carbocycles. The molecule has 1 amide bonds. The van der Waals surface area contributed by atoms with Crippen LogP contribution in [0.5, 0.6) is 11.5 Å². The lowest BCUT2D eigenvalue weighted by molar-refractivity contribution is 0.102. The summed E-state index contributed by atoms with van der Waals surface area (Å²) in [5, 5.41) is 7.57. The van der Waals surface area contributed by atoms with Crippen molar-refractivity contribution in [2.45, 2.75) is 11.5 Å². The molecule has 160 valence electrons. The van der Waals surface area contributed by atoms with E-state index in [9.17, 15) is 9.18 Å². The summed E-state index contributed by atoms with van der Waals surface area (Å²) in [6.45, 7) is 0. The third kappa shape index (κ3) is 3.97. The summed E-state index contributed by atoms with van der Waals surface area (Å²) in [7, 11) is 0. The summed E-state index contributed by atoms with van der Waals surface area (Å²) in [4.78, 5) is 12.9. The fourth-order valence-corrected chi connectivity index (χ4v) is 4.78. The summed E-state index contributed by atoms with van der Waals surface area (Å²) in [6.07, 6.45) is 0. The van der Waals surface area contributed by atoms with Gasteiger partial charge in [0.2, 0.25) is 0 Å². The number of carbonyl (C=O) groups is 1. The number of nitrogens with one attached hydrogen (secondary N) is 1. The summed E-state index contributed by atoms with van der Waals surface area (Å²) < 4.78 is 21.8. The van der Waals surface area contributed by atoms with Crippen LogP contribution in [-0.4, -0.2) is 15.7 Å². The van der Waals surface area contributed by atoms with E-state index in [1.165, 1.54) is 18.2 Å². The van der Waals surface area contributed by atoms with Crippen molar-refractivity contribution in [2.24, 2.45) is 0 Å². The van der Waals surface area contributed by atoms with Crippen molar-refractivity contribution >= 4 is 35.1 Å². The lowest BCUT2D eigenvalue weighted by Gasteiger charge is -2.13. The normalized spacial score (nSPS) is 12.4. The smallest absolute Gasteiger partial charge is 0.261 e. The average molecular weight is 466 g/mol. The van der Waals surface area contributed by atoms with Crippen LogP contribution in [0.15, 0.2) is 72.8 Å². The van der Waals surface area contributed by atoms with Gasteiger partial charge in [-0.2, -0.15) is 16.9 Å². The highest BCUT2D eigenvalue weighted by Crippen LogP contribution is 2.37. The lowest BCUT2D eigenvalue weighted by atomic mass is 10.2. The molecule has 0 fully saturated rings. The number of hydrogen-bond donors (Lipinski definition) is 1. The van der Waals surface area contributed by atoms with E-state index in [0.29, 0.717) is 17.3 Å². The molecule has 3 aromatic carbocycles. The minimum atomic E-state index is -0.672. The number of amides is 1. The molecule has 0 spiro atoms. The minimum Gasteiger partial charge on any atom is -0.457 e. The van der Waals surface area contributed by atoms with Crippen molar-refractivity contribution in [3.63, 3.8) is 0 Å². The Labute approximate surface area is 193 Å². The number of aromatic nitrogens is 2. The Bertz CT molecular complexity index is 1270.